The number of allylic oxidation sites excluding steroid dienone is 2. The van der Waals surface area contributed by atoms with Crippen molar-refractivity contribution in [2.75, 3.05) is 6.54 Å². The van der Waals surface area contributed by atoms with Gasteiger partial charge < -0.3 is 5.11 Å². The summed E-state index contributed by atoms with van der Waals surface area (Å²) in [5.74, 6) is -1.84. The summed E-state index contributed by atoms with van der Waals surface area (Å²) in [7, 11) is 0. The van der Waals surface area contributed by atoms with Crippen molar-refractivity contribution < 1.29 is 23.1 Å². The zero-order valence-corrected chi connectivity index (χ0v) is 12.3. The molecule has 0 saturated heterocycles. The van der Waals surface area contributed by atoms with E-state index >= 15 is 0 Å². The van der Waals surface area contributed by atoms with Crippen LogP contribution in [-0.4, -0.2) is 45.0 Å². The second-order valence-corrected chi connectivity index (χ2v) is 5.95. The molecule has 5 nitrogen and oxygen atoms in total. The van der Waals surface area contributed by atoms with Gasteiger partial charge in [-0.25, -0.2) is 9.79 Å². The Bertz CT molecular complexity index is 623. The number of nitrogens with zero attached hydrogens (tertiary/aromatic N) is 3. The van der Waals surface area contributed by atoms with Crippen LogP contribution in [0.1, 0.15) is 19.8 Å². The van der Waals surface area contributed by atoms with Gasteiger partial charge in [-0.1, -0.05) is 11.6 Å². The highest BCUT2D eigenvalue weighted by Crippen LogP contribution is 2.47. The predicted molar refractivity (Wildman–Crippen MR) is 72.8 cm³/mol. The number of carboxylic acids is 1. The molecule has 0 bridgehead atoms. The normalized spacial score (nSPS) is 24.1. The van der Waals surface area contributed by atoms with Gasteiger partial charge in [0.25, 0.3) is 0 Å². The molecule has 22 heavy (non-hydrogen) atoms. The van der Waals surface area contributed by atoms with Crippen molar-refractivity contribution in [2.24, 2.45) is 10.9 Å². The summed E-state index contributed by atoms with van der Waals surface area (Å²) >= 11 is 5.82. The van der Waals surface area contributed by atoms with E-state index in [-0.39, 0.29) is 23.1 Å². The molecule has 120 valence electrons. The summed E-state index contributed by atoms with van der Waals surface area (Å²) < 4.78 is 40.3. The Labute approximate surface area is 129 Å². The monoisotopic (exact) mass is 335 g/mol. The molecule has 0 spiro atoms. The average molecular weight is 336 g/mol. The fraction of sp³-hybridized carbons (Fsp3) is 0.538. The first-order chi connectivity index (χ1) is 10.2. The molecule has 1 atom stereocenters. The molecule has 3 aliphatic rings. The second-order valence-electron chi connectivity index (χ2n) is 5.56. The first kappa shape index (κ1) is 15.4. The number of carbonyl (C=O) groups is 1. The van der Waals surface area contributed by atoms with Crippen LogP contribution in [0, 0.1) is 5.92 Å². The standard InChI is InChI=1S/C13H13ClF3N3O2/c1-6-4-9(14)18-11-8(12(21)22)5-19(20(6)11)10(7-2-3-7)13(15,16)17/h4,7,10H,2-3,5H2,1H3,(H,21,22). The van der Waals surface area contributed by atoms with E-state index in [2.05, 4.69) is 4.99 Å². The van der Waals surface area contributed by atoms with Gasteiger partial charge in [0.1, 0.15) is 11.2 Å². The molecule has 2 heterocycles. The van der Waals surface area contributed by atoms with Crippen molar-refractivity contribution in [3.63, 3.8) is 0 Å². The van der Waals surface area contributed by atoms with Gasteiger partial charge in [0.15, 0.2) is 5.82 Å². The lowest BCUT2D eigenvalue weighted by Crippen LogP contribution is -2.52. The van der Waals surface area contributed by atoms with Crippen molar-refractivity contribution >= 4 is 22.7 Å². The number of alkyl halides is 3. The smallest absolute Gasteiger partial charge is 0.406 e. The first-order valence-corrected chi connectivity index (χ1v) is 7.10. The number of hydrogen-bond donors (Lipinski definition) is 1. The van der Waals surface area contributed by atoms with Crippen molar-refractivity contribution in [3.8, 4) is 0 Å². The summed E-state index contributed by atoms with van der Waals surface area (Å²) in [4.78, 5) is 15.3. The zero-order valence-electron chi connectivity index (χ0n) is 11.6. The van der Waals surface area contributed by atoms with Gasteiger partial charge >= 0.3 is 12.1 Å². The van der Waals surface area contributed by atoms with Gasteiger partial charge in [-0.3, -0.25) is 5.01 Å². The van der Waals surface area contributed by atoms with Crippen LogP contribution in [0.4, 0.5) is 13.2 Å². The molecule has 2 aliphatic heterocycles. The summed E-state index contributed by atoms with van der Waals surface area (Å²) in [6.45, 7) is 1.24. The average Bonchev–Trinajstić information content (AvgIpc) is 3.09. The van der Waals surface area contributed by atoms with Crippen molar-refractivity contribution in [3.05, 3.63) is 23.2 Å². The maximum Gasteiger partial charge on any atom is 0.406 e. The second kappa shape index (κ2) is 4.99. The lowest BCUT2D eigenvalue weighted by atomic mass is 10.1. The lowest BCUT2D eigenvalue weighted by Gasteiger charge is -2.39. The Hall–Kier alpha value is -1.54. The van der Waals surface area contributed by atoms with Crippen molar-refractivity contribution in [1.82, 2.24) is 10.0 Å². The van der Waals surface area contributed by atoms with E-state index in [1.807, 2.05) is 0 Å². The van der Waals surface area contributed by atoms with Gasteiger partial charge in [-0.2, -0.15) is 18.2 Å². The van der Waals surface area contributed by atoms with Gasteiger partial charge in [0, 0.05) is 5.70 Å². The molecular formula is C13H13ClF3N3O2. The maximum absolute atomic E-state index is 13.4. The topological polar surface area (TPSA) is 56.1 Å². The molecule has 0 aromatic rings. The van der Waals surface area contributed by atoms with E-state index in [1.165, 1.54) is 11.1 Å². The minimum Gasteiger partial charge on any atom is -0.478 e. The van der Waals surface area contributed by atoms with Gasteiger partial charge in [-0.05, 0) is 31.8 Å². The van der Waals surface area contributed by atoms with Crippen LogP contribution < -0.4 is 0 Å². The number of halogens is 4. The van der Waals surface area contributed by atoms with Crippen molar-refractivity contribution in [1.29, 1.82) is 0 Å². The number of rotatable bonds is 3. The molecule has 9 heteroatoms. The highest BCUT2D eigenvalue weighted by atomic mass is 35.5. The Balaban J connectivity index is 2.03. The molecule has 0 radical (unpaired) electrons. The summed E-state index contributed by atoms with van der Waals surface area (Å²) in [5, 5.41) is 11.6. The lowest BCUT2D eigenvalue weighted by molar-refractivity contribution is -0.212. The highest BCUT2D eigenvalue weighted by Gasteiger charge is 2.56. The van der Waals surface area contributed by atoms with Gasteiger partial charge in [0.2, 0.25) is 0 Å². The largest absolute Gasteiger partial charge is 0.478 e. The van der Waals surface area contributed by atoms with Gasteiger partial charge in [-0.15, -0.1) is 0 Å². The van der Waals surface area contributed by atoms with E-state index in [0.29, 0.717) is 18.5 Å². The number of aliphatic carboxylic acids is 1. The third kappa shape index (κ3) is 2.50. The number of fused-ring (bicyclic) bond motifs is 1. The van der Waals surface area contributed by atoms with Crippen LogP contribution >= 0.6 is 11.6 Å². The number of hydrazine groups is 1. The van der Waals surface area contributed by atoms with E-state index in [0.717, 1.165) is 5.01 Å². The summed E-state index contributed by atoms with van der Waals surface area (Å²) in [5.41, 5.74) is 0.238. The molecule has 1 fully saturated rings. The Morgan fingerprint density at radius 3 is 2.64 bits per heavy atom. The third-order valence-corrected chi connectivity index (χ3v) is 4.10. The minimum atomic E-state index is -4.44. The molecule has 1 unspecified atom stereocenters. The van der Waals surface area contributed by atoms with Crippen LogP contribution in [0.2, 0.25) is 0 Å². The van der Waals surface area contributed by atoms with Crippen LogP contribution in [0.25, 0.3) is 0 Å². The molecular weight excluding hydrogens is 323 g/mol. The van der Waals surface area contributed by atoms with Gasteiger partial charge in [0.05, 0.1) is 12.1 Å². The van der Waals surface area contributed by atoms with E-state index in [9.17, 15) is 23.1 Å². The van der Waals surface area contributed by atoms with Crippen LogP contribution in [-0.2, 0) is 4.79 Å². The fourth-order valence-electron chi connectivity index (χ4n) is 2.88. The minimum absolute atomic E-state index is 0.0348. The van der Waals surface area contributed by atoms with Crippen LogP contribution in [0.3, 0.4) is 0 Å². The molecule has 0 amide bonds. The molecule has 1 saturated carbocycles. The molecule has 0 aromatic carbocycles. The van der Waals surface area contributed by atoms with Crippen molar-refractivity contribution in [2.45, 2.75) is 32.0 Å². The number of aliphatic imine (C=N–C) groups is 1. The molecule has 1 aliphatic carbocycles. The predicted octanol–water partition coefficient (Wildman–Crippen LogP) is 2.71. The van der Waals surface area contributed by atoms with E-state index in [1.54, 1.807) is 6.92 Å². The number of hydrogen-bond acceptors (Lipinski definition) is 4. The zero-order chi connectivity index (χ0) is 16.2. The summed E-state index contributed by atoms with van der Waals surface area (Å²) in [6, 6.07) is -1.71. The maximum atomic E-state index is 13.4. The fourth-order valence-corrected chi connectivity index (χ4v) is 3.12. The first-order valence-electron chi connectivity index (χ1n) is 6.72. The highest BCUT2D eigenvalue weighted by molar-refractivity contribution is 6.68. The molecule has 0 aromatic heterocycles. The van der Waals surface area contributed by atoms with E-state index in [4.69, 9.17) is 11.6 Å². The third-order valence-electron chi connectivity index (χ3n) is 3.91. The Kier molecular flexibility index (Phi) is 3.48. The SMILES string of the molecule is CC1=CC(Cl)=NC2=C(C(=O)O)CN(C(C3CC3)C(F)(F)F)N12. The van der Waals surface area contributed by atoms with E-state index < -0.39 is 24.1 Å². The van der Waals surface area contributed by atoms with Crippen LogP contribution in [0.5, 0.6) is 0 Å². The number of carboxylic acid groups (broad SMARTS) is 1. The quantitative estimate of drug-likeness (QED) is 0.861. The molecule has 1 N–H and O–H groups in total. The summed E-state index contributed by atoms with van der Waals surface area (Å²) in [6.07, 6.45) is -2.05. The Morgan fingerprint density at radius 2 is 2.14 bits per heavy atom. The Morgan fingerprint density at radius 1 is 1.50 bits per heavy atom. The van der Waals surface area contributed by atoms with Crippen LogP contribution in [0.15, 0.2) is 28.2 Å². The molecule has 3 rings (SSSR count).